The van der Waals surface area contributed by atoms with Gasteiger partial charge in [-0.3, -0.25) is 9.78 Å². The number of aromatic amines is 1. The van der Waals surface area contributed by atoms with Gasteiger partial charge in [-0.2, -0.15) is 8.78 Å². The number of amides is 1. The molecule has 3 aliphatic rings. The summed E-state index contributed by atoms with van der Waals surface area (Å²) in [6, 6.07) is 14.0. The molecule has 2 N–H and O–H groups in total. The van der Waals surface area contributed by atoms with Crippen LogP contribution in [0, 0.1) is 17.8 Å². The Bertz CT molecular complexity index is 1550. The van der Waals surface area contributed by atoms with E-state index in [0.29, 0.717) is 45.2 Å². The number of nitrogens with zero attached hydrogens (tertiary/aromatic N) is 2. The molecule has 0 spiro atoms. The number of halogens is 3. The first-order valence-electron chi connectivity index (χ1n) is 12.9. The Kier molecular flexibility index (Phi) is 5.51. The largest absolute Gasteiger partial charge is 0.352 e. The molecule has 2 heterocycles. The fourth-order valence-electron chi connectivity index (χ4n) is 6.89. The number of aromatic nitrogens is 3. The van der Waals surface area contributed by atoms with Gasteiger partial charge in [0.05, 0.1) is 17.8 Å². The number of carbonyl (C=O) groups is 1. The molecular weight excluding hydrogens is 550 g/mol. The van der Waals surface area contributed by atoms with Crippen LogP contribution in [0.3, 0.4) is 0 Å². The van der Waals surface area contributed by atoms with E-state index < -0.39 is 5.92 Å². The third-order valence-electron chi connectivity index (χ3n) is 8.60. The zero-order valence-corrected chi connectivity index (χ0v) is 22.0. The van der Waals surface area contributed by atoms with E-state index in [9.17, 15) is 4.79 Å². The predicted molar refractivity (Wildman–Crippen MR) is 143 cm³/mol. The number of imidazole rings is 1. The fraction of sp³-hybridized carbons (Fsp3) is 0.300. The molecule has 0 saturated heterocycles. The predicted octanol–water partition coefficient (Wildman–Crippen LogP) is 6.80. The highest BCUT2D eigenvalue weighted by Gasteiger charge is 2.52. The maximum Gasteiger partial charge on any atom is 0.299 e. The first-order chi connectivity index (χ1) is 18.4. The topological polar surface area (TPSA) is 70.7 Å². The number of H-pyrrole nitrogens is 1. The number of hydrogen-bond donors (Lipinski definition) is 2. The third kappa shape index (κ3) is 3.72. The summed E-state index contributed by atoms with van der Waals surface area (Å²) in [6.45, 7) is 0.443. The van der Waals surface area contributed by atoms with Crippen molar-refractivity contribution in [2.24, 2.45) is 17.8 Å². The van der Waals surface area contributed by atoms with Crippen molar-refractivity contribution in [1.82, 2.24) is 20.3 Å². The Morgan fingerprint density at radius 2 is 1.84 bits per heavy atom. The van der Waals surface area contributed by atoms with Crippen LogP contribution in [0.4, 0.5) is 8.78 Å². The number of nitrogens with one attached hydrogen (secondary N) is 2. The van der Waals surface area contributed by atoms with E-state index in [0.717, 1.165) is 30.7 Å². The SMILES string of the molecule is O=C(NCc1cccnc1)C1C2CCC(C2)C1c1ncc(-c2ccc3c(c2)C(F)(F)c2cc(Br)ccc2-3)[nH]1. The molecule has 2 aromatic heterocycles. The summed E-state index contributed by atoms with van der Waals surface area (Å²) in [5, 5.41) is 3.11. The number of carbonyl (C=O) groups excluding carboxylic acids is 1. The van der Waals surface area contributed by atoms with Crippen LogP contribution in [0.25, 0.3) is 22.4 Å². The zero-order valence-electron chi connectivity index (χ0n) is 20.4. The van der Waals surface area contributed by atoms with Crippen LogP contribution < -0.4 is 5.32 Å². The van der Waals surface area contributed by atoms with Crippen molar-refractivity contribution in [3.63, 3.8) is 0 Å². The first-order valence-corrected chi connectivity index (χ1v) is 13.7. The molecule has 4 atom stereocenters. The van der Waals surface area contributed by atoms with Gasteiger partial charge in [-0.25, -0.2) is 4.98 Å². The van der Waals surface area contributed by atoms with E-state index in [-0.39, 0.29) is 28.9 Å². The van der Waals surface area contributed by atoms with E-state index in [4.69, 9.17) is 0 Å². The summed E-state index contributed by atoms with van der Waals surface area (Å²) in [6.07, 6.45) is 8.34. The molecule has 4 aromatic rings. The first kappa shape index (κ1) is 23.7. The van der Waals surface area contributed by atoms with Crippen LogP contribution >= 0.6 is 15.9 Å². The van der Waals surface area contributed by atoms with Gasteiger partial charge in [-0.15, -0.1) is 0 Å². The van der Waals surface area contributed by atoms with Gasteiger partial charge in [0.25, 0.3) is 5.92 Å². The van der Waals surface area contributed by atoms with E-state index >= 15 is 8.78 Å². The summed E-state index contributed by atoms with van der Waals surface area (Å²) in [5.74, 6) is -1.68. The fourth-order valence-corrected chi connectivity index (χ4v) is 7.25. The lowest BCUT2D eigenvalue weighted by Gasteiger charge is -2.28. The van der Waals surface area contributed by atoms with Gasteiger partial charge in [-0.05, 0) is 72.1 Å². The average Bonchev–Trinajstić information content (AvgIpc) is 3.71. The lowest BCUT2D eigenvalue weighted by molar-refractivity contribution is -0.127. The molecule has 1 amide bonds. The van der Waals surface area contributed by atoms with Gasteiger partial charge in [0.1, 0.15) is 5.82 Å². The van der Waals surface area contributed by atoms with Crippen molar-refractivity contribution in [1.29, 1.82) is 0 Å². The van der Waals surface area contributed by atoms with Crippen molar-refractivity contribution in [2.75, 3.05) is 0 Å². The second-order valence-electron chi connectivity index (χ2n) is 10.7. The van der Waals surface area contributed by atoms with Crippen LogP contribution in [0.2, 0.25) is 0 Å². The Hall–Kier alpha value is -3.39. The number of alkyl halides is 2. The van der Waals surface area contributed by atoms with Gasteiger partial charge >= 0.3 is 0 Å². The van der Waals surface area contributed by atoms with Gasteiger partial charge in [0, 0.05) is 46.0 Å². The molecule has 0 radical (unpaired) electrons. The molecule has 7 rings (SSSR count). The van der Waals surface area contributed by atoms with Crippen molar-refractivity contribution in [2.45, 2.75) is 37.6 Å². The average molecular weight is 575 g/mol. The smallest absolute Gasteiger partial charge is 0.299 e. The minimum absolute atomic E-state index is 0.00567. The maximum absolute atomic E-state index is 15.4. The monoisotopic (exact) mass is 574 g/mol. The third-order valence-corrected chi connectivity index (χ3v) is 9.09. The Labute approximate surface area is 227 Å². The Balaban J connectivity index is 1.16. The van der Waals surface area contributed by atoms with Crippen LogP contribution in [0.15, 0.2) is 71.6 Å². The lowest BCUT2D eigenvalue weighted by Crippen LogP contribution is -2.37. The van der Waals surface area contributed by atoms with Crippen molar-refractivity contribution in [3.8, 4) is 22.4 Å². The molecule has 2 saturated carbocycles. The highest BCUT2D eigenvalue weighted by molar-refractivity contribution is 9.10. The van der Waals surface area contributed by atoms with Crippen molar-refractivity contribution < 1.29 is 13.6 Å². The molecule has 0 aliphatic heterocycles. The van der Waals surface area contributed by atoms with Gasteiger partial charge < -0.3 is 10.3 Å². The zero-order chi connectivity index (χ0) is 26.0. The van der Waals surface area contributed by atoms with Crippen LogP contribution in [-0.2, 0) is 17.3 Å². The Morgan fingerprint density at radius 1 is 1.05 bits per heavy atom. The van der Waals surface area contributed by atoms with Crippen LogP contribution in [0.5, 0.6) is 0 Å². The molecule has 2 bridgehead atoms. The number of benzene rings is 2. The normalized spacial score (nSPS) is 24.3. The summed E-state index contributed by atoms with van der Waals surface area (Å²) < 4.78 is 31.4. The van der Waals surface area contributed by atoms with E-state index in [1.807, 2.05) is 18.2 Å². The molecule has 2 aromatic carbocycles. The summed E-state index contributed by atoms with van der Waals surface area (Å²) in [5.41, 5.74) is 3.46. The summed E-state index contributed by atoms with van der Waals surface area (Å²) in [4.78, 5) is 25.6. The van der Waals surface area contributed by atoms with Crippen LogP contribution in [-0.4, -0.2) is 20.9 Å². The standard InChI is InChI=1S/C30H25BrF2N4O/c31-20-6-8-22-21-7-5-17(11-23(21)30(32,33)24(22)12-20)25-15-35-28(37-25)26-18-3-4-19(10-18)27(26)29(38)36-14-16-2-1-9-34-13-16/h1-2,5-9,11-13,15,18-19,26-27H,3-4,10,14H2,(H,35,37)(H,36,38). The number of hydrogen-bond acceptors (Lipinski definition) is 3. The number of pyridine rings is 1. The summed E-state index contributed by atoms with van der Waals surface area (Å²) in [7, 11) is 0. The van der Waals surface area contributed by atoms with E-state index in [1.54, 1.807) is 42.9 Å². The summed E-state index contributed by atoms with van der Waals surface area (Å²) >= 11 is 3.32. The van der Waals surface area contributed by atoms with E-state index in [1.165, 1.54) is 6.07 Å². The number of rotatable bonds is 5. The minimum atomic E-state index is -3.07. The highest BCUT2D eigenvalue weighted by atomic mass is 79.9. The van der Waals surface area contributed by atoms with Gasteiger partial charge in [0.2, 0.25) is 5.91 Å². The quantitative estimate of drug-likeness (QED) is 0.275. The second kappa shape index (κ2) is 8.83. The molecule has 192 valence electrons. The number of fused-ring (bicyclic) bond motifs is 5. The molecule has 38 heavy (non-hydrogen) atoms. The minimum Gasteiger partial charge on any atom is -0.352 e. The lowest BCUT2D eigenvalue weighted by atomic mass is 9.78. The van der Waals surface area contributed by atoms with E-state index in [2.05, 4.69) is 36.2 Å². The van der Waals surface area contributed by atoms with Gasteiger partial charge in [-0.1, -0.05) is 40.2 Å². The molecule has 4 unspecified atom stereocenters. The van der Waals surface area contributed by atoms with Crippen molar-refractivity contribution in [3.05, 3.63) is 94.1 Å². The Morgan fingerprint density at radius 3 is 2.66 bits per heavy atom. The highest BCUT2D eigenvalue weighted by Crippen LogP contribution is 2.56. The molecular formula is C30H25BrF2N4O. The van der Waals surface area contributed by atoms with Crippen LogP contribution in [0.1, 0.15) is 47.7 Å². The molecule has 2 fully saturated rings. The molecule has 3 aliphatic carbocycles. The molecule has 8 heteroatoms. The van der Waals surface area contributed by atoms with Crippen molar-refractivity contribution >= 4 is 21.8 Å². The second-order valence-corrected chi connectivity index (χ2v) is 11.6. The maximum atomic E-state index is 15.4. The molecule has 5 nitrogen and oxygen atoms in total. The van der Waals surface area contributed by atoms with Gasteiger partial charge in [0.15, 0.2) is 0 Å².